The predicted molar refractivity (Wildman–Crippen MR) is 105 cm³/mol. The van der Waals surface area contributed by atoms with Gasteiger partial charge in [0, 0.05) is 11.1 Å². The van der Waals surface area contributed by atoms with E-state index in [1.807, 2.05) is 0 Å². The molecule has 0 aromatic carbocycles. The van der Waals surface area contributed by atoms with Gasteiger partial charge in [0.2, 0.25) is 0 Å². The Morgan fingerprint density at radius 2 is 1.28 bits per heavy atom. The summed E-state index contributed by atoms with van der Waals surface area (Å²) in [4.78, 5) is 20.9. The topological polar surface area (TPSA) is 74.6 Å². The molecule has 0 aliphatic rings. The van der Waals surface area contributed by atoms with E-state index in [9.17, 15) is 9.59 Å². The van der Waals surface area contributed by atoms with E-state index >= 15 is 0 Å². The number of carbonyl (C=O) groups is 2. The van der Waals surface area contributed by atoms with Gasteiger partial charge in [-0.05, 0) is 25.2 Å². The third-order valence-electron chi connectivity index (χ3n) is 4.13. The number of carboxylic acids is 2. The number of rotatable bonds is 14. The van der Waals surface area contributed by atoms with Gasteiger partial charge in [-0.3, -0.25) is 0 Å². The van der Waals surface area contributed by atoms with Crippen LogP contribution in [0.4, 0.5) is 0 Å². The van der Waals surface area contributed by atoms with E-state index in [2.05, 4.69) is 33.9 Å². The molecule has 0 saturated heterocycles. The molecule has 0 fully saturated rings. The van der Waals surface area contributed by atoms with Crippen LogP contribution in [0, 0.1) is 5.92 Å². The molecule has 1 atom stereocenters. The average Bonchev–Trinajstić information content (AvgIpc) is 2.55. The molecule has 25 heavy (non-hydrogen) atoms. The molecule has 0 bridgehead atoms. The highest BCUT2D eigenvalue weighted by atomic mass is 16.4. The summed E-state index contributed by atoms with van der Waals surface area (Å²) in [6.45, 7) is 13.5. The van der Waals surface area contributed by atoms with Crippen molar-refractivity contribution in [2.75, 3.05) is 0 Å². The molecule has 0 aromatic heterocycles. The van der Waals surface area contributed by atoms with Gasteiger partial charge < -0.3 is 10.2 Å². The molecule has 0 aliphatic heterocycles. The van der Waals surface area contributed by atoms with Crippen LogP contribution in [-0.4, -0.2) is 22.2 Å². The lowest BCUT2D eigenvalue weighted by molar-refractivity contribution is -0.133. The van der Waals surface area contributed by atoms with Crippen LogP contribution < -0.4 is 0 Å². The second-order valence-corrected chi connectivity index (χ2v) is 6.63. The van der Waals surface area contributed by atoms with Crippen LogP contribution in [-0.2, 0) is 9.59 Å². The molecule has 0 rings (SSSR count). The highest BCUT2D eigenvalue weighted by Gasteiger charge is 2.13. The van der Waals surface area contributed by atoms with E-state index in [4.69, 9.17) is 10.2 Å². The monoisotopic (exact) mass is 354 g/mol. The average molecular weight is 355 g/mol. The maximum atomic E-state index is 10.7. The molecule has 2 N–H and O–H groups in total. The van der Waals surface area contributed by atoms with Crippen LogP contribution in [0.3, 0.4) is 0 Å². The molecule has 0 aliphatic carbocycles. The molecule has 0 aromatic rings. The lowest BCUT2D eigenvalue weighted by Crippen LogP contribution is -2.07. The fraction of sp³-hybridized carbons (Fsp3) is 0.714. The molecule has 0 amide bonds. The Labute approximate surface area is 154 Å². The molecule has 4 nitrogen and oxygen atoms in total. The summed E-state index contributed by atoms with van der Waals surface area (Å²) in [5, 5.41) is 17.2. The Bertz CT molecular complexity index is 399. The van der Waals surface area contributed by atoms with Crippen molar-refractivity contribution < 1.29 is 19.8 Å². The number of hydrogen-bond donors (Lipinski definition) is 2. The summed E-state index contributed by atoms with van der Waals surface area (Å²) < 4.78 is 0. The Morgan fingerprint density at radius 3 is 1.72 bits per heavy atom. The Balaban J connectivity index is 0. The maximum Gasteiger partial charge on any atom is 0.330 e. The molecule has 0 heterocycles. The number of carboxylic acid groups (broad SMARTS) is 2. The molecule has 1 unspecified atom stereocenters. The van der Waals surface area contributed by atoms with Crippen molar-refractivity contribution in [3.05, 3.63) is 24.3 Å². The normalized spacial score (nSPS) is 11.2. The minimum absolute atomic E-state index is 0.327. The minimum Gasteiger partial charge on any atom is -0.478 e. The third-order valence-corrected chi connectivity index (χ3v) is 4.13. The Hall–Kier alpha value is -1.58. The third kappa shape index (κ3) is 17.0. The van der Waals surface area contributed by atoms with Crippen LogP contribution in [0.2, 0.25) is 0 Å². The molecule has 146 valence electrons. The molecule has 0 radical (unpaired) electrons. The summed E-state index contributed by atoms with van der Waals surface area (Å²) in [5.41, 5.74) is 0.693. The van der Waals surface area contributed by atoms with Crippen molar-refractivity contribution in [3.63, 3.8) is 0 Å². The quantitative estimate of drug-likeness (QED) is 0.287. The van der Waals surface area contributed by atoms with Gasteiger partial charge in [0.1, 0.15) is 0 Å². The van der Waals surface area contributed by atoms with Crippen LogP contribution in [0.5, 0.6) is 0 Å². The van der Waals surface area contributed by atoms with Crippen LogP contribution in [0.1, 0.15) is 91.4 Å². The summed E-state index contributed by atoms with van der Waals surface area (Å²) in [6, 6.07) is 0. The lowest BCUT2D eigenvalue weighted by Gasteiger charge is -2.15. The maximum absolute atomic E-state index is 10.7. The van der Waals surface area contributed by atoms with Gasteiger partial charge in [0.25, 0.3) is 0 Å². The van der Waals surface area contributed by atoms with Crippen molar-refractivity contribution in [3.8, 4) is 0 Å². The molecule has 4 heteroatoms. The highest BCUT2D eigenvalue weighted by molar-refractivity contribution is 5.86. The van der Waals surface area contributed by atoms with Crippen LogP contribution in [0.15, 0.2) is 24.3 Å². The van der Waals surface area contributed by atoms with Crippen molar-refractivity contribution in [2.45, 2.75) is 91.4 Å². The smallest absolute Gasteiger partial charge is 0.330 e. The summed E-state index contributed by atoms with van der Waals surface area (Å²) >= 11 is 0. The Morgan fingerprint density at radius 1 is 0.760 bits per heavy atom. The zero-order chi connectivity index (χ0) is 19.7. The fourth-order valence-electron chi connectivity index (χ4n) is 2.57. The van der Waals surface area contributed by atoms with E-state index in [-0.39, 0.29) is 0 Å². The Kier molecular flexibility index (Phi) is 17.7. The van der Waals surface area contributed by atoms with Crippen LogP contribution in [0.25, 0.3) is 0 Å². The minimum atomic E-state index is -0.865. The molecular weight excluding hydrogens is 316 g/mol. The first kappa shape index (κ1) is 25.7. The highest BCUT2D eigenvalue weighted by Crippen LogP contribution is 2.22. The lowest BCUT2D eigenvalue weighted by atomic mass is 9.90. The van der Waals surface area contributed by atoms with Crippen molar-refractivity contribution in [1.29, 1.82) is 0 Å². The zero-order valence-corrected chi connectivity index (χ0v) is 16.5. The predicted octanol–water partition coefficient (Wildman–Crippen LogP) is 6.22. The molecule has 0 saturated carbocycles. The van der Waals surface area contributed by atoms with Crippen molar-refractivity contribution >= 4 is 11.9 Å². The van der Waals surface area contributed by atoms with Crippen molar-refractivity contribution in [1.82, 2.24) is 0 Å². The fourth-order valence-corrected chi connectivity index (χ4v) is 2.57. The first-order valence-corrected chi connectivity index (χ1v) is 9.62. The molecular formula is C21H38O4. The van der Waals surface area contributed by atoms with Gasteiger partial charge >= 0.3 is 11.9 Å². The largest absolute Gasteiger partial charge is 0.478 e. The van der Waals surface area contributed by atoms with Gasteiger partial charge in [-0.1, -0.05) is 85.3 Å². The SMILES string of the molecule is C=C(CC(CCC)CCCCC)C(=O)O.C=C(CCCCC)C(=O)O. The standard InChI is InChI=1S/C13H24O2.C8H14O2/c1-4-6-7-9-12(8-5-2)10-11(3)13(14)15;1-3-4-5-6-7(2)8(9)10/h12H,3-10H2,1-2H3,(H,14,15);2-6H2,1H3,(H,9,10). The van der Waals surface area contributed by atoms with Gasteiger partial charge in [0.15, 0.2) is 0 Å². The summed E-state index contributed by atoms with van der Waals surface area (Å²) in [5.74, 6) is -1.19. The van der Waals surface area contributed by atoms with E-state index in [0.717, 1.165) is 38.5 Å². The summed E-state index contributed by atoms with van der Waals surface area (Å²) in [6.07, 6.45) is 11.5. The first-order valence-electron chi connectivity index (χ1n) is 9.62. The van der Waals surface area contributed by atoms with E-state index in [0.29, 0.717) is 29.9 Å². The zero-order valence-electron chi connectivity index (χ0n) is 16.5. The first-order chi connectivity index (χ1) is 11.8. The second-order valence-electron chi connectivity index (χ2n) is 6.63. The van der Waals surface area contributed by atoms with E-state index < -0.39 is 11.9 Å². The second kappa shape index (κ2) is 17.2. The number of hydrogen-bond acceptors (Lipinski definition) is 2. The number of aliphatic carboxylic acids is 2. The van der Waals surface area contributed by atoms with Gasteiger partial charge in [0.05, 0.1) is 0 Å². The summed E-state index contributed by atoms with van der Waals surface area (Å²) in [7, 11) is 0. The van der Waals surface area contributed by atoms with Gasteiger partial charge in [-0.25, -0.2) is 9.59 Å². The van der Waals surface area contributed by atoms with E-state index in [1.54, 1.807) is 0 Å². The van der Waals surface area contributed by atoms with Crippen LogP contribution >= 0.6 is 0 Å². The van der Waals surface area contributed by atoms with E-state index in [1.165, 1.54) is 19.3 Å². The van der Waals surface area contributed by atoms with Crippen molar-refractivity contribution in [2.24, 2.45) is 5.92 Å². The number of unbranched alkanes of at least 4 members (excludes halogenated alkanes) is 4. The van der Waals surface area contributed by atoms with Gasteiger partial charge in [-0.2, -0.15) is 0 Å². The van der Waals surface area contributed by atoms with Gasteiger partial charge in [-0.15, -0.1) is 0 Å². The molecule has 0 spiro atoms.